The van der Waals surface area contributed by atoms with Crippen molar-refractivity contribution in [3.8, 4) is 0 Å². The summed E-state index contributed by atoms with van der Waals surface area (Å²) in [6.45, 7) is 5.19. The van der Waals surface area contributed by atoms with Crippen LogP contribution in [0.3, 0.4) is 0 Å². The summed E-state index contributed by atoms with van der Waals surface area (Å²) in [5, 5.41) is 0. The number of carbonyl (C=O) groups is 1. The van der Waals surface area contributed by atoms with E-state index in [-0.39, 0.29) is 5.91 Å². The first kappa shape index (κ1) is 14.2. The SMILES string of the molecule is CCCN(Cc1ccc(N)cc1)C(=O)c1occc1C. The molecule has 1 aromatic heterocycles. The van der Waals surface area contributed by atoms with Gasteiger partial charge < -0.3 is 15.1 Å². The molecule has 1 amide bonds. The van der Waals surface area contributed by atoms with Crippen molar-refractivity contribution in [2.75, 3.05) is 12.3 Å². The second-order valence-corrected chi connectivity index (χ2v) is 4.90. The largest absolute Gasteiger partial charge is 0.459 e. The molecule has 0 saturated heterocycles. The highest BCUT2D eigenvalue weighted by atomic mass is 16.3. The van der Waals surface area contributed by atoms with Crippen LogP contribution >= 0.6 is 0 Å². The Hall–Kier alpha value is -2.23. The fraction of sp³-hybridized carbons (Fsp3) is 0.312. The lowest BCUT2D eigenvalue weighted by Gasteiger charge is -2.21. The van der Waals surface area contributed by atoms with Gasteiger partial charge in [0.1, 0.15) is 0 Å². The van der Waals surface area contributed by atoms with E-state index in [2.05, 4.69) is 6.92 Å². The molecule has 0 aliphatic carbocycles. The molecule has 0 fully saturated rings. The molecule has 20 heavy (non-hydrogen) atoms. The summed E-state index contributed by atoms with van der Waals surface area (Å²) in [6, 6.07) is 9.39. The zero-order valence-electron chi connectivity index (χ0n) is 11.9. The maximum atomic E-state index is 12.5. The van der Waals surface area contributed by atoms with Gasteiger partial charge in [-0.1, -0.05) is 19.1 Å². The zero-order valence-corrected chi connectivity index (χ0v) is 11.9. The van der Waals surface area contributed by atoms with Crippen molar-refractivity contribution in [1.82, 2.24) is 4.90 Å². The van der Waals surface area contributed by atoms with Gasteiger partial charge in [-0.3, -0.25) is 4.79 Å². The van der Waals surface area contributed by atoms with Gasteiger partial charge in [0.2, 0.25) is 0 Å². The summed E-state index contributed by atoms with van der Waals surface area (Å²) in [5.41, 5.74) is 8.33. The number of nitrogens with zero attached hydrogens (tertiary/aromatic N) is 1. The molecular weight excluding hydrogens is 252 g/mol. The fourth-order valence-corrected chi connectivity index (χ4v) is 2.10. The second kappa shape index (κ2) is 6.28. The van der Waals surface area contributed by atoms with Crippen molar-refractivity contribution in [1.29, 1.82) is 0 Å². The van der Waals surface area contributed by atoms with Gasteiger partial charge in [-0.15, -0.1) is 0 Å². The Kier molecular flexibility index (Phi) is 4.45. The Morgan fingerprint density at radius 1 is 1.25 bits per heavy atom. The molecule has 2 rings (SSSR count). The number of benzene rings is 1. The standard InChI is InChI=1S/C16H20N2O2/c1-3-9-18(11-13-4-6-14(17)7-5-13)16(19)15-12(2)8-10-20-15/h4-8,10H,3,9,11,17H2,1-2H3. The first-order valence-corrected chi connectivity index (χ1v) is 6.79. The van der Waals surface area contributed by atoms with E-state index in [1.54, 1.807) is 17.2 Å². The lowest BCUT2D eigenvalue weighted by Crippen LogP contribution is -2.31. The maximum Gasteiger partial charge on any atom is 0.290 e. The van der Waals surface area contributed by atoms with Gasteiger partial charge in [0.15, 0.2) is 5.76 Å². The second-order valence-electron chi connectivity index (χ2n) is 4.90. The number of nitrogen functional groups attached to an aromatic ring is 1. The number of amides is 1. The number of anilines is 1. The van der Waals surface area contributed by atoms with Crippen molar-refractivity contribution in [3.05, 3.63) is 53.5 Å². The molecule has 0 bridgehead atoms. The monoisotopic (exact) mass is 272 g/mol. The van der Waals surface area contributed by atoms with Gasteiger partial charge in [0.25, 0.3) is 5.91 Å². The molecule has 0 atom stereocenters. The third kappa shape index (κ3) is 3.20. The van der Waals surface area contributed by atoms with Crippen molar-refractivity contribution in [2.24, 2.45) is 0 Å². The van der Waals surface area contributed by atoms with Gasteiger partial charge in [-0.2, -0.15) is 0 Å². The quantitative estimate of drug-likeness (QED) is 0.850. The third-order valence-corrected chi connectivity index (χ3v) is 3.19. The number of nitrogens with two attached hydrogens (primary N) is 1. The molecular formula is C16H20N2O2. The van der Waals surface area contributed by atoms with Gasteiger partial charge in [-0.05, 0) is 37.1 Å². The number of aryl methyl sites for hydroxylation is 1. The van der Waals surface area contributed by atoms with Crippen LogP contribution in [0.2, 0.25) is 0 Å². The van der Waals surface area contributed by atoms with Crippen LogP contribution in [0.5, 0.6) is 0 Å². The summed E-state index contributed by atoms with van der Waals surface area (Å²) >= 11 is 0. The maximum absolute atomic E-state index is 12.5. The number of hydrogen-bond acceptors (Lipinski definition) is 3. The van der Waals surface area contributed by atoms with Crippen LogP contribution < -0.4 is 5.73 Å². The van der Waals surface area contributed by atoms with E-state index >= 15 is 0 Å². The summed E-state index contributed by atoms with van der Waals surface area (Å²) in [7, 11) is 0. The van der Waals surface area contributed by atoms with E-state index < -0.39 is 0 Å². The van der Waals surface area contributed by atoms with Crippen LogP contribution in [0, 0.1) is 6.92 Å². The molecule has 2 N–H and O–H groups in total. The van der Waals surface area contributed by atoms with Crippen LogP contribution in [0.4, 0.5) is 5.69 Å². The first-order chi connectivity index (χ1) is 9.61. The third-order valence-electron chi connectivity index (χ3n) is 3.19. The average molecular weight is 272 g/mol. The highest BCUT2D eigenvalue weighted by Gasteiger charge is 2.20. The molecule has 0 saturated carbocycles. The van der Waals surface area contributed by atoms with Gasteiger partial charge in [0, 0.05) is 24.3 Å². The number of rotatable bonds is 5. The normalized spacial score (nSPS) is 10.5. The molecule has 4 nitrogen and oxygen atoms in total. The Bertz CT molecular complexity index is 572. The smallest absolute Gasteiger partial charge is 0.290 e. The predicted molar refractivity (Wildman–Crippen MR) is 79.3 cm³/mol. The van der Waals surface area contributed by atoms with E-state index in [0.29, 0.717) is 18.8 Å². The minimum atomic E-state index is -0.0637. The Morgan fingerprint density at radius 2 is 1.95 bits per heavy atom. The number of carbonyl (C=O) groups excluding carboxylic acids is 1. The lowest BCUT2D eigenvalue weighted by molar-refractivity contribution is 0.0710. The van der Waals surface area contributed by atoms with Crippen LogP contribution in [0.15, 0.2) is 41.0 Å². The molecule has 2 aromatic rings. The molecule has 0 radical (unpaired) electrons. The van der Waals surface area contributed by atoms with Crippen LogP contribution in [-0.4, -0.2) is 17.4 Å². The van der Waals surface area contributed by atoms with Gasteiger partial charge in [0.05, 0.1) is 6.26 Å². The zero-order chi connectivity index (χ0) is 14.5. The molecule has 0 aliphatic rings. The number of hydrogen-bond donors (Lipinski definition) is 1. The van der Waals surface area contributed by atoms with Crippen molar-refractivity contribution >= 4 is 11.6 Å². The minimum Gasteiger partial charge on any atom is -0.459 e. The van der Waals surface area contributed by atoms with E-state index in [9.17, 15) is 4.79 Å². The topological polar surface area (TPSA) is 59.5 Å². The summed E-state index contributed by atoms with van der Waals surface area (Å²) in [4.78, 5) is 14.3. The highest BCUT2D eigenvalue weighted by Crippen LogP contribution is 2.15. The van der Waals surface area contributed by atoms with Crippen LogP contribution in [0.25, 0.3) is 0 Å². The summed E-state index contributed by atoms with van der Waals surface area (Å²) in [5.74, 6) is 0.361. The van der Waals surface area contributed by atoms with Crippen molar-refractivity contribution in [2.45, 2.75) is 26.8 Å². The fourth-order valence-electron chi connectivity index (χ4n) is 2.10. The Balaban J connectivity index is 2.16. The van der Waals surface area contributed by atoms with Crippen molar-refractivity contribution in [3.63, 3.8) is 0 Å². The van der Waals surface area contributed by atoms with Gasteiger partial charge in [-0.25, -0.2) is 0 Å². The molecule has 1 aromatic carbocycles. The van der Waals surface area contributed by atoms with Gasteiger partial charge >= 0.3 is 0 Å². The van der Waals surface area contributed by atoms with E-state index in [4.69, 9.17) is 10.2 Å². The molecule has 4 heteroatoms. The molecule has 0 unspecified atom stereocenters. The average Bonchev–Trinajstić information content (AvgIpc) is 2.86. The molecule has 1 heterocycles. The molecule has 0 aliphatic heterocycles. The molecule has 0 spiro atoms. The summed E-state index contributed by atoms with van der Waals surface area (Å²) in [6.07, 6.45) is 2.45. The van der Waals surface area contributed by atoms with E-state index in [0.717, 1.165) is 23.2 Å². The van der Waals surface area contributed by atoms with Crippen LogP contribution in [-0.2, 0) is 6.54 Å². The number of furan rings is 1. The van der Waals surface area contributed by atoms with Crippen LogP contribution in [0.1, 0.15) is 35.0 Å². The summed E-state index contributed by atoms with van der Waals surface area (Å²) < 4.78 is 5.30. The predicted octanol–water partition coefficient (Wildman–Crippen LogP) is 3.22. The highest BCUT2D eigenvalue weighted by molar-refractivity contribution is 5.92. The Labute approximate surface area is 119 Å². The molecule has 106 valence electrons. The minimum absolute atomic E-state index is 0.0637. The lowest BCUT2D eigenvalue weighted by atomic mass is 10.1. The first-order valence-electron chi connectivity index (χ1n) is 6.79. The Morgan fingerprint density at radius 3 is 2.50 bits per heavy atom. The van der Waals surface area contributed by atoms with E-state index in [1.165, 1.54) is 0 Å². The van der Waals surface area contributed by atoms with Crippen molar-refractivity contribution < 1.29 is 9.21 Å². The van der Waals surface area contributed by atoms with E-state index in [1.807, 2.05) is 31.2 Å².